The van der Waals surface area contributed by atoms with Gasteiger partial charge >= 0.3 is 0 Å². The highest BCUT2D eigenvalue weighted by atomic mass is 15.2. The van der Waals surface area contributed by atoms with Crippen LogP contribution in [0.3, 0.4) is 0 Å². The van der Waals surface area contributed by atoms with Crippen LogP contribution in [0.4, 0.5) is 0 Å². The van der Waals surface area contributed by atoms with Gasteiger partial charge in [0.1, 0.15) is 0 Å². The van der Waals surface area contributed by atoms with Crippen LogP contribution in [-0.4, -0.2) is 30.6 Å². The number of hydrogen-bond donors (Lipinski definition) is 1. The Morgan fingerprint density at radius 2 is 1.61 bits per heavy atom. The molecule has 4 aliphatic carbocycles. The normalized spacial score (nSPS) is 51.2. The quantitative estimate of drug-likeness (QED) is 0.832. The van der Waals surface area contributed by atoms with Crippen molar-refractivity contribution in [1.82, 2.24) is 4.90 Å². The molecule has 5 aliphatic rings. The van der Waals surface area contributed by atoms with E-state index in [9.17, 15) is 0 Å². The van der Waals surface area contributed by atoms with Gasteiger partial charge in [0.25, 0.3) is 0 Å². The Bertz CT molecular complexity index is 290. The third-order valence-corrected chi connectivity index (χ3v) is 6.43. The Hall–Kier alpha value is -0.0800. The largest absolute Gasteiger partial charge is 0.326 e. The minimum Gasteiger partial charge on any atom is -0.326 e. The first-order valence-corrected chi connectivity index (χ1v) is 8.19. The molecule has 1 aliphatic heterocycles. The van der Waals surface area contributed by atoms with Crippen molar-refractivity contribution >= 4 is 0 Å². The molecule has 18 heavy (non-hydrogen) atoms. The van der Waals surface area contributed by atoms with E-state index in [0.29, 0.717) is 6.04 Å². The first-order valence-electron chi connectivity index (χ1n) is 8.19. The molecular formula is C16H28N2. The van der Waals surface area contributed by atoms with Crippen molar-refractivity contribution in [2.24, 2.45) is 28.9 Å². The highest BCUT2D eigenvalue weighted by Gasteiger charge is 2.50. The second-order valence-corrected chi connectivity index (χ2v) is 8.02. The van der Waals surface area contributed by atoms with Crippen molar-refractivity contribution < 1.29 is 0 Å². The zero-order chi connectivity index (χ0) is 12.2. The molecule has 0 unspecified atom stereocenters. The number of nitrogens with zero attached hydrogens (tertiary/aromatic N) is 1. The van der Waals surface area contributed by atoms with Crippen molar-refractivity contribution in [2.75, 3.05) is 19.6 Å². The van der Waals surface area contributed by atoms with Crippen molar-refractivity contribution in [3.05, 3.63) is 0 Å². The topological polar surface area (TPSA) is 29.3 Å². The Morgan fingerprint density at radius 1 is 1.00 bits per heavy atom. The zero-order valence-electron chi connectivity index (χ0n) is 11.6. The summed E-state index contributed by atoms with van der Waals surface area (Å²) in [5.74, 6) is 3.33. The maximum atomic E-state index is 6.02. The summed E-state index contributed by atoms with van der Waals surface area (Å²) in [6.45, 7) is 3.75. The number of nitrogens with two attached hydrogens (primary N) is 1. The van der Waals surface area contributed by atoms with Crippen LogP contribution in [0.25, 0.3) is 0 Å². The molecule has 2 N–H and O–H groups in total. The van der Waals surface area contributed by atoms with E-state index in [2.05, 4.69) is 4.90 Å². The zero-order valence-corrected chi connectivity index (χ0v) is 11.6. The van der Waals surface area contributed by atoms with Crippen molar-refractivity contribution in [3.63, 3.8) is 0 Å². The summed E-state index contributed by atoms with van der Waals surface area (Å²) in [5, 5.41) is 0. The molecule has 2 nitrogen and oxygen atoms in total. The van der Waals surface area contributed by atoms with Gasteiger partial charge in [0.15, 0.2) is 0 Å². The summed E-state index contributed by atoms with van der Waals surface area (Å²) in [5.41, 5.74) is 6.79. The standard InChI is InChI=1S/C16H28N2/c17-15-1-3-18(11-15)4-2-16-8-12-5-13(9-16)7-14(6-12)10-16/h12-15H,1-11,17H2/t12?,13?,14?,15-,16?/m0/s1. The summed E-state index contributed by atoms with van der Waals surface area (Å²) in [6, 6.07) is 0.460. The first-order chi connectivity index (χ1) is 8.71. The molecule has 0 aromatic heterocycles. The van der Waals surface area contributed by atoms with Crippen molar-refractivity contribution in [2.45, 2.75) is 57.4 Å². The molecule has 1 heterocycles. The van der Waals surface area contributed by atoms with Gasteiger partial charge in [-0.3, -0.25) is 0 Å². The lowest BCUT2D eigenvalue weighted by atomic mass is 9.49. The average Bonchev–Trinajstić information content (AvgIpc) is 2.71. The maximum absolute atomic E-state index is 6.02. The molecule has 5 fully saturated rings. The second-order valence-electron chi connectivity index (χ2n) is 8.02. The third-order valence-electron chi connectivity index (χ3n) is 6.43. The minimum atomic E-state index is 0.460. The van der Waals surface area contributed by atoms with E-state index in [0.717, 1.165) is 29.7 Å². The second kappa shape index (κ2) is 4.21. The number of hydrogen-bond acceptors (Lipinski definition) is 2. The van der Waals surface area contributed by atoms with E-state index in [-0.39, 0.29) is 0 Å². The molecule has 2 heteroatoms. The molecule has 0 radical (unpaired) electrons. The molecule has 5 rings (SSSR count). The molecule has 102 valence electrons. The van der Waals surface area contributed by atoms with E-state index in [4.69, 9.17) is 5.73 Å². The van der Waals surface area contributed by atoms with E-state index >= 15 is 0 Å². The smallest absolute Gasteiger partial charge is 0.0180 e. The predicted molar refractivity (Wildman–Crippen MR) is 74.3 cm³/mol. The summed E-state index contributed by atoms with van der Waals surface area (Å²) >= 11 is 0. The fraction of sp³-hybridized carbons (Fsp3) is 1.00. The molecule has 0 aromatic rings. The minimum absolute atomic E-state index is 0.460. The lowest BCUT2D eigenvalue weighted by Crippen LogP contribution is -2.47. The molecule has 1 atom stereocenters. The van der Waals surface area contributed by atoms with Gasteiger partial charge in [-0.05, 0) is 87.6 Å². The van der Waals surface area contributed by atoms with E-state index in [1.807, 2.05) is 0 Å². The van der Waals surface area contributed by atoms with Gasteiger partial charge in [-0.2, -0.15) is 0 Å². The van der Waals surface area contributed by atoms with Crippen molar-refractivity contribution in [3.8, 4) is 0 Å². The Labute approximate surface area is 111 Å². The fourth-order valence-electron chi connectivity index (χ4n) is 6.06. The highest BCUT2D eigenvalue weighted by Crippen LogP contribution is 2.61. The van der Waals surface area contributed by atoms with Gasteiger partial charge in [0, 0.05) is 12.6 Å². The van der Waals surface area contributed by atoms with Crippen LogP contribution in [0.1, 0.15) is 51.4 Å². The third kappa shape index (κ3) is 2.02. The molecule has 4 saturated carbocycles. The summed E-state index contributed by atoms with van der Waals surface area (Å²) in [6.07, 6.45) is 12.1. The monoisotopic (exact) mass is 248 g/mol. The highest BCUT2D eigenvalue weighted by molar-refractivity contribution is 5.01. The predicted octanol–water partition coefficient (Wildman–Crippen LogP) is 2.63. The average molecular weight is 248 g/mol. The first kappa shape index (κ1) is 11.7. The lowest BCUT2D eigenvalue weighted by Gasteiger charge is -2.57. The van der Waals surface area contributed by atoms with Crippen LogP contribution >= 0.6 is 0 Å². The van der Waals surface area contributed by atoms with E-state index in [1.54, 1.807) is 38.5 Å². The van der Waals surface area contributed by atoms with Crippen LogP contribution < -0.4 is 5.73 Å². The van der Waals surface area contributed by atoms with E-state index in [1.165, 1.54) is 25.9 Å². The van der Waals surface area contributed by atoms with E-state index < -0.39 is 0 Å². The van der Waals surface area contributed by atoms with Gasteiger partial charge in [0.2, 0.25) is 0 Å². The van der Waals surface area contributed by atoms with Gasteiger partial charge in [-0.25, -0.2) is 0 Å². The molecule has 0 aromatic carbocycles. The summed E-state index contributed by atoms with van der Waals surface area (Å²) in [7, 11) is 0. The SMILES string of the molecule is N[C@H]1CCN(CCC23CC4CC(CC(C4)C2)C3)C1. The Morgan fingerprint density at radius 3 is 2.11 bits per heavy atom. The molecule has 4 bridgehead atoms. The van der Waals surface area contributed by atoms with Gasteiger partial charge < -0.3 is 10.6 Å². The van der Waals surface area contributed by atoms with Crippen LogP contribution in [0.15, 0.2) is 0 Å². The lowest BCUT2D eigenvalue weighted by molar-refractivity contribution is -0.0603. The van der Waals surface area contributed by atoms with Crippen LogP contribution in [0, 0.1) is 23.2 Å². The molecule has 1 saturated heterocycles. The Kier molecular flexibility index (Phi) is 2.74. The number of likely N-dealkylation sites (tertiary alicyclic amines) is 1. The van der Waals surface area contributed by atoms with Gasteiger partial charge in [-0.1, -0.05) is 0 Å². The van der Waals surface area contributed by atoms with Gasteiger partial charge in [0.05, 0.1) is 0 Å². The van der Waals surface area contributed by atoms with Crippen LogP contribution in [0.5, 0.6) is 0 Å². The van der Waals surface area contributed by atoms with Crippen LogP contribution in [0.2, 0.25) is 0 Å². The Balaban J connectivity index is 1.39. The molecule has 0 spiro atoms. The maximum Gasteiger partial charge on any atom is 0.0180 e. The molecule has 0 amide bonds. The molecular weight excluding hydrogens is 220 g/mol. The fourth-order valence-corrected chi connectivity index (χ4v) is 6.06. The van der Waals surface area contributed by atoms with Crippen LogP contribution in [-0.2, 0) is 0 Å². The van der Waals surface area contributed by atoms with Gasteiger partial charge in [-0.15, -0.1) is 0 Å². The summed E-state index contributed by atoms with van der Waals surface area (Å²) < 4.78 is 0. The van der Waals surface area contributed by atoms with Crippen molar-refractivity contribution in [1.29, 1.82) is 0 Å². The number of rotatable bonds is 3. The summed E-state index contributed by atoms with van der Waals surface area (Å²) in [4.78, 5) is 2.63.